The number of hydrogen-bond acceptors (Lipinski definition) is 4. The molecule has 0 radical (unpaired) electrons. The van der Waals surface area contributed by atoms with Crippen LogP contribution in [0.15, 0.2) is 41.3 Å². The van der Waals surface area contributed by atoms with E-state index in [2.05, 4.69) is 19.1 Å². The summed E-state index contributed by atoms with van der Waals surface area (Å²) in [5.74, 6) is 0.351. The third kappa shape index (κ3) is 4.17. The van der Waals surface area contributed by atoms with Crippen molar-refractivity contribution in [1.29, 1.82) is 0 Å². The Bertz CT molecular complexity index is 646. The lowest BCUT2D eigenvalue weighted by atomic mass is 9.85. The topological polar surface area (TPSA) is 60.4 Å². The Morgan fingerprint density at radius 2 is 2.00 bits per heavy atom. The Kier molecular flexibility index (Phi) is 4.83. The highest BCUT2D eigenvalue weighted by atomic mass is 32.2. The molecular formula is C16H20O4S. The van der Waals surface area contributed by atoms with Gasteiger partial charge in [-0.15, -0.1) is 0 Å². The summed E-state index contributed by atoms with van der Waals surface area (Å²) in [7, 11) is -3.32. The van der Waals surface area contributed by atoms with E-state index in [1.165, 1.54) is 12.1 Å². The van der Waals surface area contributed by atoms with Gasteiger partial charge >= 0.3 is 5.97 Å². The third-order valence-corrected chi connectivity index (χ3v) is 4.95. The van der Waals surface area contributed by atoms with Gasteiger partial charge in [-0.3, -0.25) is 0 Å². The maximum atomic E-state index is 12.0. The molecule has 5 heteroatoms. The molecule has 0 aliphatic heterocycles. The maximum absolute atomic E-state index is 12.0. The van der Waals surface area contributed by atoms with Crippen molar-refractivity contribution < 1.29 is 17.9 Å². The Hall–Kier alpha value is -1.62. The van der Waals surface area contributed by atoms with Crippen molar-refractivity contribution in [3.8, 4) is 0 Å². The largest absolute Gasteiger partial charge is 0.462 e. The van der Waals surface area contributed by atoms with Gasteiger partial charge in [-0.25, -0.2) is 13.2 Å². The Morgan fingerprint density at radius 1 is 1.29 bits per heavy atom. The van der Waals surface area contributed by atoms with Crippen molar-refractivity contribution >= 4 is 15.8 Å². The van der Waals surface area contributed by atoms with Gasteiger partial charge in [-0.05, 0) is 42.9 Å². The average molecular weight is 308 g/mol. The molecule has 0 bridgehead atoms. The molecule has 0 aromatic heterocycles. The molecule has 0 saturated carbocycles. The molecule has 0 spiro atoms. The van der Waals surface area contributed by atoms with Crippen LogP contribution in [0.5, 0.6) is 0 Å². The molecule has 1 aromatic rings. The lowest BCUT2D eigenvalue weighted by Gasteiger charge is -2.24. The average Bonchev–Trinajstić information content (AvgIpc) is 2.45. The van der Waals surface area contributed by atoms with Gasteiger partial charge in [0.1, 0.15) is 0 Å². The van der Waals surface area contributed by atoms with Gasteiger partial charge in [0, 0.05) is 6.26 Å². The van der Waals surface area contributed by atoms with E-state index in [0.29, 0.717) is 18.4 Å². The van der Waals surface area contributed by atoms with Crippen molar-refractivity contribution in [2.45, 2.75) is 24.7 Å². The monoisotopic (exact) mass is 308 g/mol. The van der Waals surface area contributed by atoms with Crippen LogP contribution >= 0.6 is 0 Å². The van der Waals surface area contributed by atoms with Crippen LogP contribution in [0.2, 0.25) is 0 Å². The second-order valence-electron chi connectivity index (χ2n) is 5.58. The molecule has 0 fully saturated rings. The first-order chi connectivity index (χ1) is 9.88. The fourth-order valence-corrected chi connectivity index (χ4v) is 3.03. The molecule has 2 rings (SSSR count). The van der Waals surface area contributed by atoms with Gasteiger partial charge in [0.15, 0.2) is 9.84 Å². The van der Waals surface area contributed by atoms with Gasteiger partial charge < -0.3 is 4.74 Å². The van der Waals surface area contributed by atoms with Crippen LogP contribution in [-0.2, 0) is 14.6 Å². The smallest absolute Gasteiger partial charge is 0.338 e. The molecule has 0 N–H and O–H groups in total. The van der Waals surface area contributed by atoms with E-state index in [9.17, 15) is 13.2 Å². The second kappa shape index (κ2) is 6.43. The normalized spacial score (nSPS) is 22.0. The summed E-state index contributed by atoms with van der Waals surface area (Å²) in [6.45, 7) is 2.51. The van der Waals surface area contributed by atoms with Gasteiger partial charge in [-0.2, -0.15) is 0 Å². The molecule has 0 saturated heterocycles. The number of carbonyl (C=O) groups excluding carboxylic acids is 1. The fourth-order valence-electron chi connectivity index (χ4n) is 2.36. The molecule has 2 unspecified atom stereocenters. The standard InChI is InChI=1S/C16H20O4S/c1-12-6-3-4-7-14(12)11-20-16(17)13-8-5-9-15(10-13)21(2,18)19/h3-5,8-10,12,14H,6-7,11H2,1-2H3. The van der Waals surface area contributed by atoms with E-state index in [-0.39, 0.29) is 10.5 Å². The first kappa shape index (κ1) is 15.8. The second-order valence-corrected chi connectivity index (χ2v) is 7.59. The summed E-state index contributed by atoms with van der Waals surface area (Å²) >= 11 is 0. The van der Waals surface area contributed by atoms with Crippen LogP contribution in [0.3, 0.4) is 0 Å². The highest BCUT2D eigenvalue weighted by molar-refractivity contribution is 7.90. The van der Waals surface area contributed by atoms with Crippen LogP contribution in [0, 0.1) is 11.8 Å². The predicted octanol–water partition coefficient (Wildman–Crippen LogP) is 2.85. The first-order valence-corrected chi connectivity index (χ1v) is 8.89. The van der Waals surface area contributed by atoms with E-state index in [1.807, 2.05) is 0 Å². The van der Waals surface area contributed by atoms with E-state index in [4.69, 9.17) is 4.74 Å². The van der Waals surface area contributed by atoms with Crippen LogP contribution < -0.4 is 0 Å². The Morgan fingerprint density at radius 3 is 2.67 bits per heavy atom. The molecular weight excluding hydrogens is 288 g/mol. The number of sulfone groups is 1. The molecule has 0 amide bonds. The lowest BCUT2D eigenvalue weighted by Crippen LogP contribution is -2.21. The zero-order valence-corrected chi connectivity index (χ0v) is 13.1. The number of ether oxygens (including phenoxy) is 1. The number of allylic oxidation sites excluding steroid dienone is 2. The molecule has 114 valence electrons. The molecule has 21 heavy (non-hydrogen) atoms. The Labute approximate surface area is 125 Å². The number of benzene rings is 1. The minimum Gasteiger partial charge on any atom is -0.462 e. The molecule has 0 heterocycles. The minimum atomic E-state index is -3.32. The maximum Gasteiger partial charge on any atom is 0.338 e. The number of carbonyl (C=O) groups is 1. The summed E-state index contributed by atoms with van der Waals surface area (Å²) in [5, 5.41) is 0. The van der Waals surface area contributed by atoms with Crippen LogP contribution in [0.25, 0.3) is 0 Å². The first-order valence-electron chi connectivity index (χ1n) is 7.00. The molecule has 1 aliphatic carbocycles. The fraction of sp³-hybridized carbons (Fsp3) is 0.438. The highest BCUT2D eigenvalue weighted by Gasteiger charge is 2.20. The summed E-state index contributed by atoms with van der Waals surface area (Å²) in [4.78, 5) is 12.2. The lowest BCUT2D eigenvalue weighted by molar-refractivity contribution is 0.0395. The van der Waals surface area contributed by atoms with E-state index >= 15 is 0 Å². The van der Waals surface area contributed by atoms with Crippen LogP contribution in [-0.4, -0.2) is 27.2 Å². The molecule has 1 aromatic carbocycles. The molecule has 1 aliphatic rings. The number of esters is 1. The van der Waals surface area contributed by atoms with Crippen molar-refractivity contribution in [3.05, 3.63) is 42.0 Å². The summed E-state index contributed by atoms with van der Waals surface area (Å²) in [6, 6.07) is 5.96. The summed E-state index contributed by atoms with van der Waals surface area (Å²) in [6.07, 6.45) is 7.30. The molecule has 2 atom stereocenters. The highest BCUT2D eigenvalue weighted by Crippen LogP contribution is 2.25. The zero-order valence-electron chi connectivity index (χ0n) is 12.3. The van der Waals surface area contributed by atoms with E-state index in [1.54, 1.807) is 12.1 Å². The summed E-state index contributed by atoms with van der Waals surface area (Å²) in [5.41, 5.74) is 0.275. The van der Waals surface area contributed by atoms with Gasteiger partial charge in [-0.1, -0.05) is 25.1 Å². The third-order valence-electron chi connectivity index (χ3n) is 3.84. The van der Waals surface area contributed by atoms with Gasteiger partial charge in [0.05, 0.1) is 17.1 Å². The van der Waals surface area contributed by atoms with E-state index < -0.39 is 15.8 Å². The molecule has 4 nitrogen and oxygen atoms in total. The quantitative estimate of drug-likeness (QED) is 0.634. The predicted molar refractivity (Wildman–Crippen MR) is 80.9 cm³/mol. The van der Waals surface area contributed by atoms with Crippen LogP contribution in [0.4, 0.5) is 0 Å². The minimum absolute atomic E-state index is 0.130. The van der Waals surface area contributed by atoms with Gasteiger partial charge in [0.2, 0.25) is 0 Å². The van der Waals surface area contributed by atoms with E-state index in [0.717, 1.165) is 19.1 Å². The van der Waals surface area contributed by atoms with Gasteiger partial charge in [0.25, 0.3) is 0 Å². The van der Waals surface area contributed by atoms with Crippen molar-refractivity contribution in [1.82, 2.24) is 0 Å². The Balaban J connectivity index is 2.02. The number of rotatable bonds is 4. The zero-order chi connectivity index (χ0) is 15.5. The number of hydrogen-bond donors (Lipinski definition) is 0. The van der Waals surface area contributed by atoms with Crippen LogP contribution in [0.1, 0.15) is 30.1 Å². The SMILES string of the molecule is CC1CC=CCC1COC(=O)c1cccc(S(C)(=O)=O)c1. The summed E-state index contributed by atoms with van der Waals surface area (Å²) < 4.78 is 28.3. The van der Waals surface area contributed by atoms with Crippen molar-refractivity contribution in [3.63, 3.8) is 0 Å². The van der Waals surface area contributed by atoms with Crippen molar-refractivity contribution in [2.24, 2.45) is 11.8 Å². The van der Waals surface area contributed by atoms with Crippen molar-refractivity contribution in [2.75, 3.05) is 12.9 Å².